The molecule has 2 rings (SSSR count). The monoisotopic (exact) mass is 390 g/mol. The van der Waals surface area contributed by atoms with E-state index >= 15 is 0 Å². The van der Waals surface area contributed by atoms with Crippen LogP contribution in [-0.4, -0.2) is 20.5 Å². The van der Waals surface area contributed by atoms with Crippen molar-refractivity contribution in [2.24, 2.45) is 0 Å². The van der Waals surface area contributed by atoms with Crippen LogP contribution in [0.5, 0.6) is 5.75 Å². The van der Waals surface area contributed by atoms with E-state index in [1.807, 2.05) is 6.92 Å². The lowest BCUT2D eigenvalue weighted by Crippen LogP contribution is -2.13. The first-order valence-corrected chi connectivity index (χ1v) is 8.47. The van der Waals surface area contributed by atoms with Gasteiger partial charge in [-0.2, -0.15) is 0 Å². The number of rotatable bonds is 4. The summed E-state index contributed by atoms with van der Waals surface area (Å²) in [4.78, 5) is 4.09. The van der Waals surface area contributed by atoms with Gasteiger partial charge in [0.05, 0.1) is 28.9 Å². The molecule has 1 aromatic heterocycles. The maximum Gasteiger partial charge on any atom is 0.261 e. The summed E-state index contributed by atoms with van der Waals surface area (Å²) in [6, 6.07) is 5.94. The summed E-state index contributed by atoms with van der Waals surface area (Å²) in [5.41, 5.74) is 1.20. The van der Waals surface area contributed by atoms with Crippen molar-refractivity contribution < 1.29 is 13.2 Å². The molecule has 0 aliphatic carbocycles. The molecule has 0 bridgehead atoms. The summed E-state index contributed by atoms with van der Waals surface area (Å²) >= 11 is 9.21. The zero-order valence-corrected chi connectivity index (χ0v) is 14.4. The highest BCUT2D eigenvalue weighted by Crippen LogP contribution is 2.28. The second kappa shape index (κ2) is 6.21. The van der Waals surface area contributed by atoms with Crippen LogP contribution in [0.4, 0.5) is 5.69 Å². The van der Waals surface area contributed by atoms with E-state index in [0.717, 1.165) is 5.56 Å². The fourth-order valence-electron chi connectivity index (χ4n) is 1.64. The van der Waals surface area contributed by atoms with Gasteiger partial charge in [0.25, 0.3) is 10.0 Å². The Kier molecular flexibility index (Phi) is 4.75. The molecule has 1 heterocycles. The summed E-state index contributed by atoms with van der Waals surface area (Å²) in [5.74, 6) is 0.414. The summed E-state index contributed by atoms with van der Waals surface area (Å²) in [5, 5.41) is 0.227. The van der Waals surface area contributed by atoms with Gasteiger partial charge in [0, 0.05) is 0 Å². The number of aromatic nitrogens is 1. The first-order valence-electron chi connectivity index (χ1n) is 5.82. The van der Waals surface area contributed by atoms with Crippen molar-refractivity contribution in [3.63, 3.8) is 0 Å². The first kappa shape index (κ1) is 16.1. The Morgan fingerprint density at radius 2 is 2.05 bits per heavy atom. The van der Waals surface area contributed by atoms with Crippen molar-refractivity contribution >= 4 is 43.2 Å². The second-order valence-electron chi connectivity index (χ2n) is 4.23. The van der Waals surface area contributed by atoms with E-state index in [2.05, 4.69) is 25.6 Å². The molecule has 5 nitrogen and oxygen atoms in total. The molecule has 0 fully saturated rings. The van der Waals surface area contributed by atoms with E-state index in [1.54, 1.807) is 6.07 Å². The Bertz CT molecular complexity index is 781. The van der Waals surface area contributed by atoms with Gasteiger partial charge in [0.15, 0.2) is 0 Å². The van der Waals surface area contributed by atoms with Crippen LogP contribution in [0.2, 0.25) is 5.02 Å². The number of aryl methyl sites for hydroxylation is 1. The summed E-state index contributed by atoms with van der Waals surface area (Å²) in [6.45, 7) is 1.82. The number of hydrogen-bond donors (Lipinski definition) is 1. The third kappa shape index (κ3) is 3.66. The predicted molar refractivity (Wildman–Crippen MR) is 85.5 cm³/mol. The van der Waals surface area contributed by atoms with Gasteiger partial charge >= 0.3 is 0 Å². The quantitative estimate of drug-likeness (QED) is 0.808. The SMILES string of the molecule is COc1ccc(S(=O)(=O)Nc2cnc(Br)c(C)c2)cc1Cl. The molecule has 1 N–H and O–H groups in total. The number of nitrogens with one attached hydrogen (secondary N) is 1. The third-order valence-corrected chi connectivity index (χ3v) is 5.20. The van der Waals surface area contributed by atoms with Crippen molar-refractivity contribution in [1.82, 2.24) is 4.98 Å². The molecule has 0 spiro atoms. The summed E-state index contributed by atoms with van der Waals surface area (Å²) in [7, 11) is -2.27. The van der Waals surface area contributed by atoms with E-state index in [9.17, 15) is 8.42 Å². The zero-order chi connectivity index (χ0) is 15.6. The van der Waals surface area contributed by atoms with Gasteiger partial charge in [-0.25, -0.2) is 13.4 Å². The molecular weight excluding hydrogens is 380 g/mol. The zero-order valence-electron chi connectivity index (χ0n) is 11.2. The van der Waals surface area contributed by atoms with E-state index in [1.165, 1.54) is 31.5 Å². The number of nitrogens with zero attached hydrogens (tertiary/aromatic N) is 1. The normalized spacial score (nSPS) is 11.2. The largest absolute Gasteiger partial charge is 0.495 e. The van der Waals surface area contributed by atoms with Crippen molar-refractivity contribution in [3.05, 3.63) is 45.7 Å². The Balaban J connectivity index is 2.33. The van der Waals surface area contributed by atoms with Crippen LogP contribution >= 0.6 is 27.5 Å². The van der Waals surface area contributed by atoms with Crippen molar-refractivity contribution in [2.45, 2.75) is 11.8 Å². The number of halogens is 2. The highest BCUT2D eigenvalue weighted by molar-refractivity contribution is 9.10. The molecule has 21 heavy (non-hydrogen) atoms. The van der Waals surface area contributed by atoms with Crippen LogP contribution in [0.15, 0.2) is 40.0 Å². The van der Waals surface area contributed by atoms with E-state index < -0.39 is 10.0 Å². The summed E-state index contributed by atoms with van der Waals surface area (Å²) < 4.78 is 32.7. The van der Waals surface area contributed by atoms with Crippen LogP contribution in [0.25, 0.3) is 0 Å². The molecule has 0 radical (unpaired) electrons. The van der Waals surface area contributed by atoms with Crippen LogP contribution in [0, 0.1) is 6.92 Å². The molecule has 0 aliphatic rings. The average molecular weight is 392 g/mol. The molecule has 0 unspecified atom stereocenters. The van der Waals surface area contributed by atoms with Gasteiger partial charge in [0.1, 0.15) is 10.4 Å². The molecule has 112 valence electrons. The van der Waals surface area contributed by atoms with Crippen LogP contribution in [0.1, 0.15) is 5.56 Å². The highest BCUT2D eigenvalue weighted by Gasteiger charge is 2.16. The summed E-state index contributed by atoms with van der Waals surface area (Å²) in [6.07, 6.45) is 1.43. The molecule has 1 aromatic carbocycles. The Morgan fingerprint density at radius 1 is 1.33 bits per heavy atom. The Morgan fingerprint density at radius 3 is 2.62 bits per heavy atom. The minimum Gasteiger partial charge on any atom is -0.495 e. The lowest BCUT2D eigenvalue weighted by Gasteiger charge is -2.10. The van der Waals surface area contributed by atoms with Gasteiger partial charge in [-0.15, -0.1) is 0 Å². The number of hydrogen-bond acceptors (Lipinski definition) is 4. The maximum absolute atomic E-state index is 12.3. The number of methoxy groups -OCH3 is 1. The van der Waals surface area contributed by atoms with Crippen LogP contribution in [0.3, 0.4) is 0 Å². The first-order chi connectivity index (χ1) is 9.83. The molecule has 0 aliphatic heterocycles. The fourth-order valence-corrected chi connectivity index (χ4v) is 3.24. The van der Waals surface area contributed by atoms with Gasteiger partial charge in [-0.1, -0.05) is 11.6 Å². The minimum absolute atomic E-state index is 0.0499. The lowest BCUT2D eigenvalue weighted by atomic mass is 10.3. The van der Waals surface area contributed by atoms with Gasteiger partial charge in [0.2, 0.25) is 0 Å². The molecule has 0 amide bonds. The van der Waals surface area contributed by atoms with Gasteiger partial charge in [-0.05, 0) is 52.7 Å². The Hall–Kier alpha value is -1.31. The highest BCUT2D eigenvalue weighted by atomic mass is 79.9. The number of anilines is 1. The topological polar surface area (TPSA) is 68.3 Å². The number of sulfonamides is 1. The molecule has 0 saturated carbocycles. The standard InChI is InChI=1S/C13H12BrClN2O3S/c1-8-5-9(7-16-13(8)14)17-21(18,19)10-3-4-12(20-2)11(15)6-10/h3-7,17H,1-2H3. The minimum atomic E-state index is -3.74. The van der Waals surface area contributed by atoms with E-state index in [-0.39, 0.29) is 9.92 Å². The predicted octanol–water partition coefficient (Wildman–Crippen LogP) is 3.62. The van der Waals surface area contributed by atoms with E-state index in [4.69, 9.17) is 16.3 Å². The molecule has 8 heteroatoms. The maximum atomic E-state index is 12.3. The molecular formula is C13H12BrClN2O3S. The third-order valence-electron chi connectivity index (χ3n) is 2.70. The molecule has 2 aromatic rings. The molecule has 0 saturated heterocycles. The fraction of sp³-hybridized carbons (Fsp3) is 0.154. The van der Waals surface area contributed by atoms with Crippen molar-refractivity contribution in [3.8, 4) is 5.75 Å². The van der Waals surface area contributed by atoms with Crippen LogP contribution in [-0.2, 0) is 10.0 Å². The van der Waals surface area contributed by atoms with Gasteiger partial charge in [-0.3, -0.25) is 4.72 Å². The Labute approximate surface area is 136 Å². The number of pyridine rings is 1. The molecule has 0 atom stereocenters. The smallest absolute Gasteiger partial charge is 0.261 e. The van der Waals surface area contributed by atoms with Crippen LogP contribution < -0.4 is 9.46 Å². The second-order valence-corrected chi connectivity index (χ2v) is 7.07. The lowest BCUT2D eigenvalue weighted by molar-refractivity contribution is 0.414. The van der Waals surface area contributed by atoms with Crippen molar-refractivity contribution in [1.29, 1.82) is 0 Å². The van der Waals surface area contributed by atoms with Crippen molar-refractivity contribution in [2.75, 3.05) is 11.8 Å². The van der Waals surface area contributed by atoms with Gasteiger partial charge < -0.3 is 4.74 Å². The number of ether oxygens (including phenoxy) is 1. The average Bonchev–Trinajstić information content (AvgIpc) is 2.42. The van der Waals surface area contributed by atoms with E-state index in [0.29, 0.717) is 16.0 Å². The number of benzene rings is 1.